The van der Waals surface area contributed by atoms with Crippen LogP contribution in [0.5, 0.6) is 0 Å². The summed E-state index contributed by atoms with van der Waals surface area (Å²) in [6, 6.07) is 6.25. The van der Waals surface area contributed by atoms with Gasteiger partial charge in [-0.1, -0.05) is 15.9 Å². The first-order valence-electron chi connectivity index (χ1n) is 8.39. The van der Waals surface area contributed by atoms with Crippen LogP contribution < -0.4 is 0 Å². The highest BCUT2D eigenvalue weighted by atomic mass is 79.9. The highest BCUT2D eigenvalue weighted by Gasteiger charge is 2.29. The lowest BCUT2D eigenvalue weighted by molar-refractivity contribution is -0.155. The Morgan fingerprint density at radius 1 is 1.42 bits per heavy atom. The summed E-state index contributed by atoms with van der Waals surface area (Å²) in [7, 11) is 0. The van der Waals surface area contributed by atoms with E-state index in [1.165, 1.54) is 18.0 Å². The number of fused-ring (bicyclic) bond motifs is 1. The van der Waals surface area contributed by atoms with Gasteiger partial charge in [-0.3, -0.25) is 14.8 Å². The predicted octanol–water partition coefficient (Wildman–Crippen LogP) is 3.85. The normalized spacial score (nSPS) is 17.3. The number of esters is 1. The van der Waals surface area contributed by atoms with E-state index < -0.39 is 5.60 Å². The molecule has 1 fully saturated rings. The van der Waals surface area contributed by atoms with Crippen LogP contribution in [0.4, 0.5) is 0 Å². The molecule has 1 aromatic heterocycles. The third-order valence-electron chi connectivity index (χ3n) is 4.57. The Morgan fingerprint density at radius 2 is 2.12 bits per heavy atom. The van der Waals surface area contributed by atoms with Crippen molar-refractivity contribution in [2.45, 2.75) is 45.1 Å². The molecule has 6 heteroatoms. The molecule has 5 nitrogen and oxygen atoms in total. The van der Waals surface area contributed by atoms with Crippen molar-refractivity contribution in [3.05, 3.63) is 28.4 Å². The number of halogens is 1. The maximum atomic E-state index is 11.2. The predicted molar refractivity (Wildman–Crippen MR) is 98.1 cm³/mol. The van der Waals surface area contributed by atoms with Crippen LogP contribution >= 0.6 is 15.9 Å². The zero-order chi connectivity index (χ0) is 17.3. The molecule has 0 bridgehead atoms. The summed E-state index contributed by atoms with van der Waals surface area (Å²) in [5.41, 5.74) is 1.82. The third-order valence-corrected chi connectivity index (χ3v) is 5.06. The summed E-state index contributed by atoms with van der Waals surface area (Å²) in [6.45, 7) is 8.20. The fraction of sp³-hybridized carbons (Fsp3) is 0.556. The van der Waals surface area contributed by atoms with Gasteiger partial charge in [0.15, 0.2) is 0 Å². The Hall–Kier alpha value is -1.40. The Kier molecular flexibility index (Phi) is 4.97. The Bertz CT molecular complexity index is 733. The number of ether oxygens (including phenoxy) is 1. The van der Waals surface area contributed by atoms with E-state index in [1.807, 2.05) is 19.9 Å². The monoisotopic (exact) mass is 393 g/mol. The molecule has 0 unspecified atom stereocenters. The number of hydrogen-bond donors (Lipinski definition) is 1. The van der Waals surface area contributed by atoms with E-state index in [-0.39, 0.29) is 5.97 Å². The second kappa shape index (κ2) is 6.84. The van der Waals surface area contributed by atoms with Crippen molar-refractivity contribution in [1.82, 2.24) is 15.1 Å². The van der Waals surface area contributed by atoms with Crippen LogP contribution in [-0.2, 0) is 9.53 Å². The average Bonchev–Trinajstić information content (AvgIpc) is 2.89. The van der Waals surface area contributed by atoms with E-state index >= 15 is 0 Å². The van der Waals surface area contributed by atoms with Gasteiger partial charge in [0.1, 0.15) is 5.60 Å². The van der Waals surface area contributed by atoms with E-state index in [1.54, 1.807) is 0 Å². The van der Waals surface area contributed by atoms with Gasteiger partial charge in [-0.25, -0.2) is 0 Å². The Balaban J connectivity index is 1.63. The number of nitrogens with zero attached hydrogens (tertiary/aromatic N) is 2. The molecule has 0 atom stereocenters. The number of H-pyrrole nitrogens is 1. The van der Waals surface area contributed by atoms with Crippen LogP contribution in [0, 0.1) is 0 Å². The average molecular weight is 394 g/mol. The maximum absolute atomic E-state index is 11.2. The van der Waals surface area contributed by atoms with Crippen LogP contribution in [0.2, 0.25) is 0 Å². The zero-order valence-corrected chi connectivity index (χ0v) is 16.0. The van der Waals surface area contributed by atoms with E-state index in [9.17, 15) is 4.79 Å². The number of piperidine rings is 1. The first kappa shape index (κ1) is 17.4. The van der Waals surface area contributed by atoms with Gasteiger partial charge < -0.3 is 4.74 Å². The Morgan fingerprint density at radius 3 is 2.79 bits per heavy atom. The van der Waals surface area contributed by atoms with Crippen molar-refractivity contribution in [3.63, 3.8) is 0 Å². The lowest BCUT2D eigenvalue weighted by Crippen LogP contribution is -2.44. The quantitative estimate of drug-likeness (QED) is 0.801. The fourth-order valence-corrected chi connectivity index (χ4v) is 4.01. The smallest absolute Gasteiger partial charge is 0.303 e. The molecule has 130 valence electrons. The van der Waals surface area contributed by atoms with Crippen LogP contribution in [0.25, 0.3) is 10.9 Å². The standard InChI is InChI=1S/C18H24BrN3O2/c1-12(23)24-18(2,3)11-22-8-6-13(7-9-22)17-15-5-4-14(19)10-16(15)20-21-17/h4-5,10,13H,6-9,11H2,1-3H3,(H,20,21). The molecule has 1 saturated heterocycles. The molecule has 0 radical (unpaired) electrons. The minimum Gasteiger partial charge on any atom is -0.458 e. The number of nitrogens with one attached hydrogen (secondary N) is 1. The first-order valence-corrected chi connectivity index (χ1v) is 9.19. The fourth-order valence-electron chi connectivity index (χ4n) is 3.66. The molecule has 1 aromatic carbocycles. The summed E-state index contributed by atoms with van der Waals surface area (Å²) in [5.74, 6) is 0.286. The van der Waals surface area contributed by atoms with E-state index in [0.29, 0.717) is 5.92 Å². The lowest BCUT2D eigenvalue weighted by atomic mass is 9.91. The highest BCUT2D eigenvalue weighted by Crippen LogP contribution is 2.32. The number of aromatic amines is 1. The van der Waals surface area contributed by atoms with Gasteiger partial charge in [0.05, 0.1) is 5.52 Å². The summed E-state index contributed by atoms with van der Waals surface area (Å²) in [5, 5.41) is 8.90. The largest absolute Gasteiger partial charge is 0.458 e. The van der Waals surface area contributed by atoms with E-state index in [4.69, 9.17) is 4.74 Å². The second-order valence-electron chi connectivity index (χ2n) is 7.20. The molecule has 0 aliphatic carbocycles. The zero-order valence-electron chi connectivity index (χ0n) is 14.4. The minimum atomic E-state index is -0.439. The molecule has 24 heavy (non-hydrogen) atoms. The second-order valence-corrected chi connectivity index (χ2v) is 8.12. The molecule has 1 aliphatic rings. The van der Waals surface area contributed by atoms with Crippen molar-refractivity contribution in [3.8, 4) is 0 Å². The lowest BCUT2D eigenvalue weighted by Gasteiger charge is -2.36. The number of carbonyl (C=O) groups excluding carboxylic acids is 1. The number of rotatable bonds is 4. The Labute approximate surface area is 150 Å². The van der Waals surface area contributed by atoms with Crippen LogP contribution in [-0.4, -0.2) is 46.3 Å². The van der Waals surface area contributed by atoms with Gasteiger partial charge in [-0.05, 0) is 58.0 Å². The summed E-state index contributed by atoms with van der Waals surface area (Å²) >= 11 is 3.49. The van der Waals surface area contributed by atoms with E-state index in [0.717, 1.165) is 42.5 Å². The molecule has 0 amide bonds. The SMILES string of the molecule is CC(=O)OC(C)(C)CN1CCC(c2[nH]nc3cc(Br)ccc23)CC1. The molecule has 2 heterocycles. The number of hydrogen-bond acceptors (Lipinski definition) is 4. The van der Waals surface area contributed by atoms with Crippen molar-refractivity contribution in [2.75, 3.05) is 19.6 Å². The first-order chi connectivity index (χ1) is 11.3. The minimum absolute atomic E-state index is 0.218. The van der Waals surface area contributed by atoms with Gasteiger partial charge in [0, 0.05) is 34.9 Å². The third kappa shape index (κ3) is 3.98. The number of carbonyl (C=O) groups is 1. The molecule has 0 saturated carbocycles. The van der Waals surface area contributed by atoms with E-state index in [2.05, 4.69) is 43.2 Å². The van der Waals surface area contributed by atoms with Gasteiger partial charge in [0.25, 0.3) is 0 Å². The number of aromatic nitrogens is 2. The molecular formula is C18H24BrN3O2. The van der Waals surface area contributed by atoms with Gasteiger partial charge in [-0.15, -0.1) is 0 Å². The van der Waals surface area contributed by atoms with Crippen molar-refractivity contribution >= 4 is 32.8 Å². The van der Waals surface area contributed by atoms with Crippen molar-refractivity contribution < 1.29 is 9.53 Å². The summed E-state index contributed by atoms with van der Waals surface area (Å²) in [4.78, 5) is 13.6. The van der Waals surface area contributed by atoms with Crippen molar-refractivity contribution in [1.29, 1.82) is 0 Å². The maximum Gasteiger partial charge on any atom is 0.303 e. The topological polar surface area (TPSA) is 58.2 Å². The summed E-state index contributed by atoms with van der Waals surface area (Å²) in [6.07, 6.45) is 2.17. The van der Waals surface area contributed by atoms with Crippen molar-refractivity contribution in [2.24, 2.45) is 0 Å². The molecule has 2 aromatic rings. The summed E-state index contributed by atoms with van der Waals surface area (Å²) < 4.78 is 6.46. The van der Waals surface area contributed by atoms with Crippen LogP contribution in [0.15, 0.2) is 22.7 Å². The number of likely N-dealkylation sites (tertiary alicyclic amines) is 1. The molecule has 1 aliphatic heterocycles. The van der Waals surface area contributed by atoms with Gasteiger partial charge >= 0.3 is 5.97 Å². The van der Waals surface area contributed by atoms with Gasteiger partial charge in [-0.2, -0.15) is 5.10 Å². The van der Waals surface area contributed by atoms with Gasteiger partial charge in [0.2, 0.25) is 0 Å². The highest BCUT2D eigenvalue weighted by molar-refractivity contribution is 9.10. The van der Waals surface area contributed by atoms with Crippen LogP contribution in [0.3, 0.4) is 0 Å². The van der Waals surface area contributed by atoms with Crippen LogP contribution in [0.1, 0.15) is 45.2 Å². The molecule has 0 spiro atoms. The molecule has 1 N–H and O–H groups in total. The molecule has 3 rings (SSSR count). The number of benzene rings is 1. The molecular weight excluding hydrogens is 370 g/mol.